The minimum atomic E-state index is -0.599. The summed E-state index contributed by atoms with van der Waals surface area (Å²) in [6, 6.07) is 8.77. The lowest BCUT2D eigenvalue weighted by Crippen LogP contribution is -2.38. The molecule has 0 radical (unpaired) electrons. The molecule has 1 amide bonds. The second kappa shape index (κ2) is 5.80. The van der Waals surface area contributed by atoms with Crippen molar-refractivity contribution in [3.8, 4) is 0 Å². The zero-order valence-corrected chi connectivity index (χ0v) is 9.76. The van der Waals surface area contributed by atoms with Crippen LogP contribution in [-0.2, 0) is 9.53 Å². The third-order valence-electron chi connectivity index (χ3n) is 2.97. The lowest BCUT2D eigenvalue weighted by molar-refractivity contribution is -0.123. The van der Waals surface area contributed by atoms with Gasteiger partial charge >= 0.3 is 0 Å². The van der Waals surface area contributed by atoms with Gasteiger partial charge in [0.25, 0.3) is 0 Å². The van der Waals surface area contributed by atoms with Gasteiger partial charge in [-0.2, -0.15) is 0 Å². The van der Waals surface area contributed by atoms with Crippen molar-refractivity contribution in [2.45, 2.75) is 25.0 Å². The largest absolute Gasteiger partial charge is 0.376 e. The van der Waals surface area contributed by atoms with Gasteiger partial charge in [0.2, 0.25) is 5.91 Å². The normalized spacial score (nSPS) is 21.1. The van der Waals surface area contributed by atoms with Crippen molar-refractivity contribution in [3.05, 3.63) is 35.9 Å². The Kier molecular flexibility index (Phi) is 4.12. The van der Waals surface area contributed by atoms with Crippen molar-refractivity contribution in [2.75, 3.05) is 13.2 Å². The molecule has 17 heavy (non-hydrogen) atoms. The summed E-state index contributed by atoms with van der Waals surface area (Å²) in [6.07, 6.45) is 2.24. The molecule has 92 valence electrons. The van der Waals surface area contributed by atoms with Gasteiger partial charge < -0.3 is 15.8 Å². The molecule has 1 saturated heterocycles. The molecule has 4 nitrogen and oxygen atoms in total. The second-order valence-electron chi connectivity index (χ2n) is 4.27. The molecule has 1 aliphatic heterocycles. The number of hydrogen-bond acceptors (Lipinski definition) is 3. The monoisotopic (exact) mass is 234 g/mol. The van der Waals surface area contributed by atoms with E-state index in [1.807, 2.05) is 30.3 Å². The number of nitrogens with one attached hydrogen (secondary N) is 1. The summed E-state index contributed by atoms with van der Waals surface area (Å²) in [5, 5.41) is 2.83. The van der Waals surface area contributed by atoms with Gasteiger partial charge in [-0.15, -0.1) is 0 Å². The van der Waals surface area contributed by atoms with Crippen LogP contribution in [0.3, 0.4) is 0 Å². The van der Waals surface area contributed by atoms with E-state index in [0.717, 1.165) is 25.0 Å². The first-order chi connectivity index (χ1) is 8.27. The van der Waals surface area contributed by atoms with E-state index in [2.05, 4.69) is 5.32 Å². The SMILES string of the molecule is NC(C(=O)NCC1CCCO1)c1ccccc1. The zero-order valence-electron chi connectivity index (χ0n) is 9.76. The molecule has 1 aliphatic rings. The van der Waals surface area contributed by atoms with E-state index in [0.29, 0.717) is 6.54 Å². The Morgan fingerprint density at radius 3 is 2.88 bits per heavy atom. The van der Waals surface area contributed by atoms with Crippen LogP contribution in [-0.4, -0.2) is 25.2 Å². The Labute approximate surface area is 101 Å². The average molecular weight is 234 g/mol. The van der Waals surface area contributed by atoms with Crippen LogP contribution in [0.4, 0.5) is 0 Å². The number of carbonyl (C=O) groups excluding carboxylic acids is 1. The molecular weight excluding hydrogens is 216 g/mol. The van der Waals surface area contributed by atoms with E-state index in [9.17, 15) is 4.79 Å². The Bertz CT molecular complexity index is 361. The molecule has 1 fully saturated rings. The lowest BCUT2D eigenvalue weighted by Gasteiger charge is -2.15. The summed E-state index contributed by atoms with van der Waals surface area (Å²) in [5.74, 6) is -0.147. The maximum absolute atomic E-state index is 11.8. The molecule has 1 aromatic rings. The summed E-state index contributed by atoms with van der Waals surface area (Å²) in [7, 11) is 0. The summed E-state index contributed by atoms with van der Waals surface area (Å²) in [4.78, 5) is 11.8. The van der Waals surface area contributed by atoms with E-state index in [1.165, 1.54) is 0 Å². The van der Waals surface area contributed by atoms with Gasteiger partial charge in [-0.25, -0.2) is 0 Å². The van der Waals surface area contributed by atoms with Crippen molar-refractivity contribution in [3.63, 3.8) is 0 Å². The molecule has 2 unspecified atom stereocenters. The van der Waals surface area contributed by atoms with Crippen molar-refractivity contribution in [1.82, 2.24) is 5.32 Å². The fourth-order valence-electron chi connectivity index (χ4n) is 1.94. The summed E-state index contributed by atoms with van der Waals surface area (Å²) in [5.41, 5.74) is 6.70. The molecule has 0 bridgehead atoms. The number of rotatable bonds is 4. The summed E-state index contributed by atoms with van der Waals surface area (Å²) < 4.78 is 5.43. The van der Waals surface area contributed by atoms with Crippen LogP contribution < -0.4 is 11.1 Å². The topological polar surface area (TPSA) is 64.4 Å². The van der Waals surface area contributed by atoms with Crippen molar-refractivity contribution in [1.29, 1.82) is 0 Å². The van der Waals surface area contributed by atoms with Crippen LogP contribution in [0.15, 0.2) is 30.3 Å². The third kappa shape index (κ3) is 3.28. The van der Waals surface area contributed by atoms with Crippen molar-refractivity contribution >= 4 is 5.91 Å². The molecular formula is C13H18N2O2. The number of ether oxygens (including phenoxy) is 1. The molecule has 0 spiro atoms. The van der Waals surface area contributed by atoms with E-state index < -0.39 is 6.04 Å². The Morgan fingerprint density at radius 2 is 2.24 bits per heavy atom. The van der Waals surface area contributed by atoms with Gasteiger partial charge in [-0.1, -0.05) is 30.3 Å². The molecule has 0 aromatic heterocycles. The van der Waals surface area contributed by atoms with Gasteiger partial charge in [0, 0.05) is 13.2 Å². The Balaban J connectivity index is 1.83. The van der Waals surface area contributed by atoms with Crippen LogP contribution >= 0.6 is 0 Å². The first kappa shape index (κ1) is 12.1. The first-order valence-corrected chi connectivity index (χ1v) is 5.97. The summed E-state index contributed by atoms with van der Waals surface area (Å²) in [6.45, 7) is 1.35. The highest BCUT2D eigenvalue weighted by Crippen LogP contribution is 2.12. The van der Waals surface area contributed by atoms with Gasteiger partial charge in [-0.05, 0) is 18.4 Å². The predicted molar refractivity (Wildman–Crippen MR) is 65.4 cm³/mol. The van der Waals surface area contributed by atoms with Crippen molar-refractivity contribution in [2.24, 2.45) is 5.73 Å². The van der Waals surface area contributed by atoms with E-state index in [1.54, 1.807) is 0 Å². The molecule has 1 aromatic carbocycles. The minimum Gasteiger partial charge on any atom is -0.376 e. The fraction of sp³-hybridized carbons (Fsp3) is 0.462. The number of benzene rings is 1. The molecule has 4 heteroatoms. The summed E-state index contributed by atoms with van der Waals surface area (Å²) >= 11 is 0. The van der Waals surface area contributed by atoms with Crippen LogP contribution in [0, 0.1) is 0 Å². The van der Waals surface area contributed by atoms with Gasteiger partial charge in [-0.3, -0.25) is 4.79 Å². The number of nitrogens with two attached hydrogens (primary N) is 1. The quantitative estimate of drug-likeness (QED) is 0.816. The maximum Gasteiger partial charge on any atom is 0.241 e. The van der Waals surface area contributed by atoms with E-state index >= 15 is 0 Å². The van der Waals surface area contributed by atoms with Gasteiger partial charge in [0.15, 0.2) is 0 Å². The first-order valence-electron chi connectivity index (χ1n) is 5.97. The smallest absolute Gasteiger partial charge is 0.241 e. The van der Waals surface area contributed by atoms with Gasteiger partial charge in [0.05, 0.1) is 6.10 Å². The van der Waals surface area contributed by atoms with Crippen LogP contribution in [0.25, 0.3) is 0 Å². The second-order valence-corrected chi connectivity index (χ2v) is 4.27. The predicted octanol–water partition coefficient (Wildman–Crippen LogP) is 0.982. The number of hydrogen-bond donors (Lipinski definition) is 2. The van der Waals surface area contributed by atoms with E-state index in [4.69, 9.17) is 10.5 Å². The average Bonchev–Trinajstić information content (AvgIpc) is 2.89. The van der Waals surface area contributed by atoms with Crippen molar-refractivity contribution < 1.29 is 9.53 Å². The number of carbonyl (C=O) groups is 1. The van der Waals surface area contributed by atoms with Crippen LogP contribution in [0.2, 0.25) is 0 Å². The molecule has 0 aliphatic carbocycles. The fourth-order valence-corrected chi connectivity index (χ4v) is 1.94. The minimum absolute atomic E-state index is 0.147. The maximum atomic E-state index is 11.8. The van der Waals surface area contributed by atoms with Crippen LogP contribution in [0.1, 0.15) is 24.4 Å². The zero-order chi connectivity index (χ0) is 12.1. The number of amides is 1. The third-order valence-corrected chi connectivity index (χ3v) is 2.97. The van der Waals surface area contributed by atoms with Crippen LogP contribution in [0.5, 0.6) is 0 Å². The molecule has 0 saturated carbocycles. The van der Waals surface area contributed by atoms with E-state index in [-0.39, 0.29) is 12.0 Å². The molecule has 3 N–H and O–H groups in total. The standard InChI is InChI=1S/C13H18N2O2/c14-12(10-5-2-1-3-6-10)13(16)15-9-11-7-4-8-17-11/h1-3,5-6,11-12H,4,7-9,14H2,(H,15,16). The molecule has 1 heterocycles. The highest BCUT2D eigenvalue weighted by Gasteiger charge is 2.19. The molecule has 2 atom stereocenters. The lowest BCUT2D eigenvalue weighted by atomic mass is 10.1. The highest BCUT2D eigenvalue weighted by atomic mass is 16.5. The molecule has 2 rings (SSSR count). The van der Waals surface area contributed by atoms with Gasteiger partial charge in [0.1, 0.15) is 6.04 Å². The highest BCUT2D eigenvalue weighted by molar-refractivity contribution is 5.82. The Morgan fingerprint density at radius 1 is 1.47 bits per heavy atom. The Hall–Kier alpha value is -1.39.